The van der Waals surface area contributed by atoms with E-state index in [1.165, 1.54) is 14.2 Å². The number of benzene rings is 2. The minimum absolute atomic E-state index is 0.178. The van der Waals surface area contributed by atoms with Crippen molar-refractivity contribution in [2.24, 2.45) is 0 Å². The van der Waals surface area contributed by atoms with E-state index in [4.69, 9.17) is 24.0 Å². The summed E-state index contributed by atoms with van der Waals surface area (Å²) < 4.78 is 27.1. The van der Waals surface area contributed by atoms with Gasteiger partial charge in [0.25, 0.3) is 0 Å². The molecule has 0 saturated heterocycles. The molecule has 0 bridgehead atoms. The van der Waals surface area contributed by atoms with E-state index in [0.717, 1.165) is 16.7 Å². The Morgan fingerprint density at radius 3 is 2.11 bits per heavy atom. The van der Waals surface area contributed by atoms with Crippen LogP contribution in [0, 0.1) is 0 Å². The number of methoxy groups -OCH3 is 2. The van der Waals surface area contributed by atoms with Gasteiger partial charge in [-0.05, 0) is 23.1 Å². The van der Waals surface area contributed by atoms with E-state index < -0.39 is 13.9 Å². The van der Waals surface area contributed by atoms with E-state index in [-0.39, 0.29) is 17.4 Å². The summed E-state index contributed by atoms with van der Waals surface area (Å²) >= 11 is 0. The van der Waals surface area contributed by atoms with Crippen molar-refractivity contribution >= 4 is 7.60 Å². The molecule has 0 aliphatic rings. The number of aromatic hydroxyl groups is 1. The number of rotatable bonds is 8. The minimum atomic E-state index is -4.29. The summed E-state index contributed by atoms with van der Waals surface area (Å²) in [6.45, 7) is 4.01. The molecule has 0 amide bonds. The second-order valence-corrected chi connectivity index (χ2v) is 8.06. The Morgan fingerprint density at radius 1 is 1.04 bits per heavy atom. The Hall–Kier alpha value is -2.21. The van der Waals surface area contributed by atoms with Gasteiger partial charge in [0.05, 0.1) is 14.2 Å². The highest BCUT2D eigenvalue weighted by Gasteiger charge is 2.18. The summed E-state index contributed by atoms with van der Waals surface area (Å²) in [4.78, 5) is 18.0. The average Bonchev–Trinajstić information content (AvgIpc) is 2.61. The number of hydrogen-bond acceptors (Lipinski definition) is 5. The van der Waals surface area contributed by atoms with Gasteiger partial charge in [0.1, 0.15) is 23.0 Å². The zero-order valence-corrected chi connectivity index (χ0v) is 16.7. The topological polar surface area (TPSA) is 105 Å². The molecule has 0 fully saturated rings. The molecule has 0 atom stereocenters. The first-order valence-corrected chi connectivity index (χ1v) is 10.2. The number of hydrogen-bond donors (Lipinski definition) is 3. The largest absolute Gasteiger partial charge is 0.508 e. The zero-order chi connectivity index (χ0) is 20.2. The van der Waals surface area contributed by atoms with E-state index in [1.54, 1.807) is 18.2 Å². The minimum Gasteiger partial charge on any atom is -0.508 e. The van der Waals surface area contributed by atoms with Crippen LogP contribution in [0.3, 0.4) is 0 Å². The van der Waals surface area contributed by atoms with Crippen LogP contribution < -0.4 is 14.2 Å². The summed E-state index contributed by atoms with van der Waals surface area (Å²) in [5, 5.41) is 10.0. The molecular weight excluding hydrogens is 371 g/mol. The van der Waals surface area contributed by atoms with E-state index >= 15 is 0 Å². The van der Waals surface area contributed by atoms with Crippen LogP contribution in [0.1, 0.15) is 36.5 Å². The van der Waals surface area contributed by atoms with Gasteiger partial charge >= 0.3 is 7.60 Å². The number of ether oxygens (including phenoxy) is 3. The summed E-state index contributed by atoms with van der Waals surface area (Å²) in [5.41, 5.74) is 2.59. The standard InChI is InChI=1S/C19H25O7P/c1-12(2)15-7-13(5-6-17(15)20)8-16-18(24-3)9-14(10-19(16)25-4)26-11-27(21,22)23/h5-7,9-10,12,20H,8,11H2,1-4H3,(H2,21,22,23). The Labute approximate surface area is 158 Å². The first-order chi connectivity index (χ1) is 12.6. The van der Waals surface area contributed by atoms with Gasteiger partial charge in [-0.15, -0.1) is 0 Å². The van der Waals surface area contributed by atoms with Crippen LogP contribution in [-0.2, 0) is 11.0 Å². The third-order valence-electron chi connectivity index (χ3n) is 4.08. The van der Waals surface area contributed by atoms with Gasteiger partial charge in [-0.25, -0.2) is 0 Å². The molecule has 148 valence electrons. The Kier molecular flexibility index (Phi) is 6.76. The highest BCUT2D eigenvalue weighted by atomic mass is 31.2. The van der Waals surface area contributed by atoms with Crippen molar-refractivity contribution in [2.45, 2.75) is 26.2 Å². The summed E-state index contributed by atoms with van der Waals surface area (Å²) in [7, 11) is -1.29. The van der Waals surface area contributed by atoms with Crippen LogP contribution in [0.2, 0.25) is 0 Å². The van der Waals surface area contributed by atoms with Crippen LogP contribution in [0.25, 0.3) is 0 Å². The van der Waals surface area contributed by atoms with Crippen LogP contribution in [-0.4, -0.2) is 35.5 Å². The third kappa shape index (κ3) is 5.63. The molecular formula is C19H25O7P. The van der Waals surface area contributed by atoms with Gasteiger partial charge in [0.2, 0.25) is 0 Å². The van der Waals surface area contributed by atoms with Crippen molar-refractivity contribution in [2.75, 3.05) is 20.6 Å². The molecule has 0 heterocycles. The first-order valence-electron chi connectivity index (χ1n) is 8.38. The van der Waals surface area contributed by atoms with E-state index in [9.17, 15) is 9.67 Å². The van der Waals surface area contributed by atoms with E-state index in [1.807, 2.05) is 26.0 Å². The Morgan fingerprint density at radius 2 is 1.63 bits per heavy atom. The number of phenols is 1. The van der Waals surface area contributed by atoms with E-state index in [2.05, 4.69) is 0 Å². The Balaban J connectivity index is 2.38. The molecule has 7 nitrogen and oxygen atoms in total. The van der Waals surface area contributed by atoms with Crippen LogP contribution >= 0.6 is 7.60 Å². The van der Waals surface area contributed by atoms with Gasteiger partial charge in [0.15, 0.2) is 6.35 Å². The van der Waals surface area contributed by atoms with Crippen LogP contribution in [0.5, 0.6) is 23.0 Å². The fraction of sp³-hybridized carbons (Fsp3) is 0.368. The molecule has 2 aromatic rings. The molecule has 8 heteroatoms. The monoisotopic (exact) mass is 396 g/mol. The third-order valence-corrected chi connectivity index (χ3v) is 4.54. The number of phenolic OH excluding ortho intramolecular Hbond substituents is 1. The molecule has 3 N–H and O–H groups in total. The molecule has 2 rings (SSSR count). The highest BCUT2D eigenvalue weighted by Crippen LogP contribution is 2.39. The summed E-state index contributed by atoms with van der Waals surface area (Å²) in [6.07, 6.45) is -0.237. The fourth-order valence-corrected chi connectivity index (χ4v) is 3.07. The van der Waals surface area contributed by atoms with Crippen molar-refractivity contribution in [1.82, 2.24) is 0 Å². The second kappa shape index (κ2) is 8.65. The predicted octanol–water partition coefficient (Wildman–Crippen LogP) is 3.64. The molecule has 0 aliphatic carbocycles. The lowest BCUT2D eigenvalue weighted by Crippen LogP contribution is -2.03. The maximum atomic E-state index is 11.0. The van der Waals surface area contributed by atoms with Crippen LogP contribution in [0.15, 0.2) is 30.3 Å². The molecule has 2 aromatic carbocycles. The second-order valence-electron chi connectivity index (χ2n) is 6.47. The van der Waals surface area contributed by atoms with Gasteiger partial charge in [-0.3, -0.25) is 4.57 Å². The van der Waals surface area contributed by atoms with Crippen molar-refractivity contribution in [3.8, 4) is 23.0 Å². The lowest BCUT2D eigenvalue weighted by Gasteiger charge is -2.17. The predicted molar refractivity (Wildman–Crippen MR) is 102 cm³/mol. The molecule has 0 saturated carbocycles. The molecule has 0 spiro atoms. The quantitative estimate of drug-likeness (QED) is 0.585. The molecule has 0 radical (unpaired) electrons. The zero-order valence-electron chi connectivity index (χ0n) is 15.8. The maximum absolute atomic E-state index is 11.0. The van der Waals surface area contributed by atoms with Gasteiger partial charge < -0.3 is 29.1 Å². The normalized spacial score (nSPS) is 11.5. The molecule has 0 aromatic heterocycles. The Bertz CT molecular complexity index is 817. The molecule has 0 aliphatic heterocycles. The smallest absolute Gasteiger partial charge is 0.362 e. The lowest BCUT2D eigenvalue weighted by atomic mass is 9.96. The summed E-state index contributed by atoms with van der Waals surface area (Å²) in [6, 6.07) is 8.57. The van der Waals surface area contributed by atoms with Crippen molar-refractivity contribution < 1.29 is 33.7 Å². The molecule has 0 unspecified atom stereocenters. The van der Waals surface area contributed by atoms with Gasteiger partial charge in [-0.2, -0.15) is 0 Å². The highest BCUT2D eigenvalue weighted by molar-refractivity contribution is 7.51. The first kappa shape index (κ1) is 21.1. The maximum Gasteiger partial charge on any atom is 0.362 e. The van der Waals surface area contributed by atoms with Crippen molar-refractivity contribution in [1.29, 1.82) is 0 Å². The van der Waals surface area contributed by atoms with E-state index in [0.29, 0.717) is 17.9 Å². The van der Waals surface area contributed by atoms with Gasteiger partial charge in [0, 0.05) is 24.1 Å². The van der Waals surface area contributed by atoms with Crippen molar-refractivity contribution in [3.63, 3.8) is 0 Å². The summed E-state index contributed by atoms with van der Waals surface area (Å²) in [5.74, 6) is 1.64. The average molecular weight is 396 g/mol. The lowest BCUT2D eigenvalue weighted by molar-refractivity contribution is 0.297. The fourth-order valence-electron chi connectivity index (χ4n) is 2.76. The van der Waals surface area contributed by atoms with Crippen molar-refractivity contribution in [3.05, 3.63) is 47.0 Å². The van der Waals surface area contributed by atoms with Gasteiger partial charge in [-0.1, -0.05) is 26.0 Å². The molecule has 27 heavy (non-hydrogen) atoms. The van der Waals surface area contributed by atoms with Crippen LogP contribution in [0.4, 0.5) is 0 Å². The SMILES string of the molecule is COc1cc(OCP(=O)(O)O)cc(OC)c1Cc1ccc(O)c(C(C)C)c1.